The van der Waals surface area contributed by atoms with Gasteiger partial charge in [-0.15, -0.1) is 0 Å². The zero-order valence-corrected chi connectivity index (χ0v) is 15.4. The number of likely N-dealkylation sites (tertiary alicyclic amines) is 1. The Morgan fingerprint density at radius 2 is 1.88 bits per heavy atom. The molecule has 0 spiro atoms. The van der Waals surface area contributed by atoms with Gasteiger partial charge in [0, 0.05) is 30.6 Å². The summed E-state index contributed by atoms with van der Waals surface area (Å²) in [6, 6.07) is 12.2. The lowest BCUT2D eigenvalue weighted by atomic mass is 10.0. The van der Waals surface area contributed by atoms with Crippen molar-refractivity contribution < 1.29 is 8.42 Å². The maximum absolute atomic E-state index is 11.2. The fraction of sp³-hybridized carbons (Fsp3) is 0.667. The molecule has 1 heterocycles. The molecule has 0 radical (unpaired) electrons. The summed E-state index contributed by atoms with van der Waals surface area (Å²) in [7, 11) is -3.10. The van der Waals surface area contributed by atoms with Gasteiger partial charge in [-0.1, -0.05) is 30.3 Å². The normalized spacial score (nSPS) is 27.1. The first-order valence-corrected chi connectivity index (χ1v) is 10.8. The van der Waals surface area contributed by atoms with Crippen molar-refractivity contribution in [2.45, 2.75) is 50.2 Å². The minimum absolute atomic E-state index is 0.249. The summed E-state index contributed by atoms with van der Waals surface area (Å²) < 4.78 is 25.0. The maximum Gasteiger partial charge on any atom is 0.208 e. The van der Waals surface area contributed by atoms with E-state index in [1.54, 1.807) is 0 Å². The van der Waals surface area contributed by atoms with Gasteiger partial charge in [-0.05, 0) is 44.8 Å². The highest BCUT2D eigenvalue weighted by Gasteiger charge is 2.39. The van der Waals surface area contributed by atoms with E-state index in [-0.39, 0.29) is 6.04 Å². The lowest BCUT2D eigenvalue weighted by molar-refractivity contribution is 0.152. The first-order chi connectivity index (χ1) is 11.4. The second kappa shape index (κ2) is 7.52. The van der Waals surface area contributed by atoms with Gasteiger partial charge in [-0.25, -0.2) is 13.1 Å². The van der Waals surface area contributed by atoms with E-state index in [1.165, 1.54) is 18.2 Å². The molecular formula is C18H29N3O2S. The number of hydrogen-bond donors (Lipinski definition) is 2. The topological polar surface area (TPSA) is 61.4 Å². The molecule has 1 aliphatic carbocycles. The van der Waals surface area contributed by atoms with Crippen molar-refractivity contribution in [3.8, 4) is 0 Å². The molecule has 24 heavy (non-hydrogen) atoms. The summed E-state index contributed by atoms with van der Waals surface area (Å²) in [4.78, 5) is 2.39. The van der Waals surface area contributed by atoms with Crippen LogP contribution in [0.25, 0.3) is 0 Å². The fourth-order valence-electron chi connectivity index (χ4n) is 3.66. The number of benzene rings is 1. The minimum Gasteiger partial charge on any atom is -0.311 e. The highest BCUT2D eigenvalue weighted by atomic mass is 32.2. The summed E-state index contributed by atoms with van der Waals surface area (Å²) in [5, 5.41) is 3.82. The maximum atomic E-state index is 11.2. The van der Waals surface area contributed by atoms with Crippen molar-refractivity contribution >= 4 is 10.0 Å². The zero-order chi connectivity index (χ0) is 17.2. The molecule has 0 aromatic heterocycles. The van der Waals surface area contributed by atoms with Gasteiger partial charge in [0.2, 0.25) is 10.0 Å². The number of hydrogen-bond acceptors (Lipinski definition) is 4. The van der Waals surface area contributed by atoms with Crippen molar-refractivity contribution in [2.75, 3.05) is 25.9 Å². The van der Waals surface area contributed by atoms with Crippen molar-refractivity contribution in [1.29, 1.82) is 0 Å². The van der Waals surface area contributed by atoms with E-state index in [0.29, 0.717) is 24.5 Å². The summed E-state index contributed by atoms with van der Waals surface area (Å²) in [6.07, 6.45) is 4.75. The van der Waals surface area contributed by atoms with E-state index in [4.69, 9.17) is 0 Å². The van der Waals surface area contributed by atoms with Crippen LogP contribution in [0.3, 0.4) is 0 Å². The van der Waals surface area contributed by atoms with Crippen molar-refractivity contribution in [3.05, 3.63) is 35.9 Å². The highest BCUT2D eigenvalue weighted by molar-refractivity contribution is 7.88. The molecule has 2 N–H and O–H groups in total. The van der Waals surface area contributed by atoms with E-state index < -0.39 is 10.0 Å². The van der Waals surface area contributed by atoms with E-state index in [2.05, 4.69) is 52.2 Å². The lowest BCUT2D eigenvalue weighted by Crippen LogP contribution is -2.49. The van der Waals surface area contributed by atoms with Gasteiger partial charge < -0.3 is 5.32 Å². The third-order valence-electron chi connectivity index (χ3n) is 5.26. The predicted molar refractivity (Wildman–Crippen MR) is 97.6 cm³/mol. The molecular weight excluding hydrogens is 322 g/mol. The smallest absolute Gasteiger partial charge is 0.208 e. The Kier molecular flexibility index (Phi) is 5.59. The van der Waals surface area contributed by atoms with E-state index in [0.717, 1.165) is 25.9 Å². The van der Waals surface area contributed by atoms with Gasteiger partial charge in [0.1, 0.15) is 0 Å². The van der Waals surface area contributed by atoms with Crippen molar-refractivity contribution in [2.24, 2.45) is 0 Å². The van der Waals surface area contributed by atoms with E-state index in [9.17, 15) is 8.42 Å². The Balaban J connectivity index is 1.38. The average Bonchev–Trinajstić information content (AvgIpc) is 3.33. The van der Waals surface area contributed by atoms with E-state index >= 15 is 0 Å². The van der Waals surface area contributed by atoms with Crippen LogP contribution in [0, 0.1) is 0 Å². The largest absolute Gasteiger partial charge is 0.311 e. The first-order valence-electron chi connectivity index (χ1n) is 8.92. The third-order valence-corrected chi connectivity index (χ3v) is 5.95. The zero-order valence-electron chi connectivity index (χ0n) is 14.6. The molecule has 0 amide bonds. The van der Waals surface area contributed by atoms with Gasteiger partial charge >= 0.3 is 0 Å². The van der Waals surface area contributed by atoms with Gasteiger partial charge in [-0.3, -0.25) is 4.90 Å². The van der Waals surface area contributed by atoms with Crippen molar-refractivity contribution in [3.63, 3.8) is 0 Å². The Bertz CT molecular complexity index is 627. The number of sulfonamides is 1. The molecule has 134 valence electrons. The molecule has 1 unspecified atom stereocenters. The first kappa shape index (κ1) is 17.9. The van der Waals surface area contributed by atoms with Crippen LogP contribution in [-0.2, 0) is 10.0 Å². The summed E-state index contributed by atoms with van der Waals surface area (Å²) in [5.74, 6) is 0.683. The SMILES string of the molecule is CC(CNS(C)(=O)=O)N1CCC(N[C@@H]2C[C@H]2c2ccccc2)CC1. The second-order valence-corrected chi connectivity index (χ2v) is 9.14. The molecule has 5 nitrogen and oxygen atoms in total. The van der Waals surface area contributed by atoms with Gasteiger partial charge in [-0.2, -0.15) is 0 Å². The average molecular weight is 352 g/mol. The number of nitrogens with one attached hydrogen (secondary N) is 2. The molecule has 6 heteroatoms. The Morgan fingerprint density at radius 3 is 2.50 bits per heavy atom. The van der Waals surface area contributed by atoms with Crippen LogP contribution < -0.4 is 10.0 Å². The fourth-order valence-corrected chi connectivity index (χ4v) is 4.20. The van der Waals surface area contributed by atoms with E-state index in [1.807, 2.05) is 0 Å². The van der Waals surface area contributed by atoms with Crippen LogP contribution in [0.15, 0.2) is 30.3 Å². The molecule has 1 saturated carbocycles. The van der Waals surface area contributed by atoms with Gasteiger partial charge in [0.25, 0.3) is 0 Å². The van der Waals surface area contributed by atoms with Gasteiger partial charge in [0.15, 0.2) is 0 Å². The second-order valence-electron chi connectivity index (χ2n) is 7.31. The number of piperidine rings is 1. The van der Waals surface area contributed by atoms with Crippen molar-refractivity contribution in [1.82, 2.24) is 14.9 Å². The summed E-state index contributed by atoms with van der Waals surface area (Å²) in [5.41, 5.74) is 1.45. The molecule has 1 aromatic carbocycles. The molecule has 1 aromatic rings. The molecule has 2 fully saturated rings. The quantitative estimate of drug-likeness (QED) is 0.782. The molecule has 1 aliphatic heterocycles. The highest BCUT2D eigenvalue weighted by Crippen LogP contribution is 2.41. The molecule has 2 aliphatic rings. The number of nitrogens with zero attached hydrogens (tertiary/aromatic N) is 1. The van der Waals surface area contributed by atoms with Crippen LogP contribution in [-0.4, -0.2) is 57.3 Å². The molecule has 1 saturated heterocycles. The van der Waals surface area contributed by atoms with Crippen LogP contribution in [0.4, 0.5) is 0 Å². The Labute approximate surface area is 145 Å². The van der Waals surface area contributed by atoms with Crippen LogP contribution in [0.2, 0.25) is 0 Å². The predicted octanol–water partition coefficient (Wildman–Crippen LogP) is 1.53. The summed E-state index contributed by atoms with van der Waals surface area (Å²) >= 11 is 0. The monoisotopic (exact) mass is 351 g/mol. The Hall–Kier alpha value is -0.950. The third kappa shape index (κ3) is 5.02. The molecule has 0 bridgehead atoms. The minimum atomic E-state index is -3.10. The lowest BCUT2D eigenvalue weighted by Gasteiger charge is -2.36. The summed E-state index contributed by atoms with van der Waals surface area (Å²) in [6.45, 7) is 4.66. The Morgan fingerprint density at radius 1 is 1.21 bits per heavy atom. The van der Waals surface area contributed by atoms with Crippen LogP contribution in [0.5, 0.6) is 0 Å². The standard InChI is InChI=1S/C18H29N3O2S/c1-14(13-19-24(2,22)23)21-10-8-16(9-11-21)20-18-12-17(18)15-6-4-3-5-7-15/h3-7,14,16-20H,8-13H2,1-2H3/t14?,17-,18+/m0/s1. The molecule has 3 rings (SSSR count). The van der Waals surface area contributed by atoms with Gasteiger partial charge in [0.05, 0.1) is 6.26 Å². The molecule has 3 atom stereocenters. The van der Waals surface area contributed by atoms with Crippen LogP contribution >= 0.6 is 0 Å². The number of rotatable bonds is 7. The van der Waals surface area contributed by atoms with Crippen LogP contribution in [0.1, 0.15) is 37.7 Å².